The average molecular weight is 384 g/mol. The molecule has 0 aliphatic carbocycles. The molecule has 2 aromatic rings. The van der Waals surface area contributed by atoms with Crippen LogP contribution in [0.1, 0.15) is 23.0 Å². The standard InChI is InChI=1S/C16H18ClN3O4S/c1-3-24-16-14(17)12(18)8-13(20-16)15(21)19-9-25(22,23)11-6-4-10(2)5-7-11/h4-8H,3,9H2,1-2H3,(H2,18,20)(H,19,21). The summed E-state index contributed by atoms with van der Waals surface area (Å²) in [6.07, 6.45) is 0. The molecule has 0 spiro atoms. The van der Waals surface area contributed by atoms with Crippen molar-refractivity contribution in [1.82, 2.24) is 10.3 Å². The lowest BCUT2D eigenvalue weighted by molar-refractivity contribution is 0.0954. The van der Waals surface area contributed by atoms with Crippen molar-refractivity contribution in [2.24, 2.45) is 0 Å². The van der Waals surface area contributed by atoms with Gasteiger partial charge in [-0.3, -0.25) is 4.79 Å². The molecule has 0 aliphatic heterocycles. The molecule has 3 N–H and O–H groups in total. The first-order valence-electron chi connectivity index (χ1n) is 7.41. The van der Waals surface area contributed by atoms with Crippen molar-refractivity contribution < 1.29 is 17.9 Å². The van der Waals surface area contributed by atoms with Crippen LogP contribution in [0.3, 0.4) is 0 Å². The Morgan fingerprint density at radius 1 is 1.32 bits per heavy atom. The number of ether oxygens (including phenoxy) is 1. The zero-order chi connectivity index (χ0) is 18.6. The Morgan fingerprint density at radius 3 is 2.56 bits per heavy atom. The summed E-state index contributed by atoms with van der Waals surface area (Å²) in [5, 5.41) is 2.43. The number of rotatable bonds is 6. The van der Waals surface area contributed by atoms with Gasteiger partial charge in [0.2, 0.25) is 5.88 Å². The van der Waals surface area contributed by atoms with E-state index in [4.69, 9.17) is 22.1 Å². The number of carbonyl (C=O) groups is 1. The summed E-state index contributed by atoms with van der Waals surface area (Å²) >= 11 is 5.95. The molecule has 2 rings (SSSR count). The second-order valence-electron chi connectivity index (χ2n) is 5.23. The third-order valence-corrected chi connectivity index (χ3v) is 5.17. The van der Waals surface area contributed by atoms with Gasteiger partial charge in [-0.15, -0.1) is 0 Å². The third kappa shape index (κ3) is 4.61. The van der Waals surface area contributed by atoms with Crippen LogP contribution in [0.25, 0.3) is 0 Å². The predicted octanol–water partition coefficient (Wildman–Crippen LogP) is 2.19. The molecular weight excluding hydrogens is 366 g/mol. The van der Waals surface area contributed by atoms with Gasteiger partial charge in [0, 0.05) is 0 Å². The number of anilines is 1. The molecule has 0 aliphatic rings. The van der Waals surface area contributed by atoms with Crippen molar-refractivity contribution >= 4 is 33.0 Å². The molecule has 0 radical (unpaired) electrons. The molecule has 1 aromatic heterocycles. The van der Waals surface area contributed by atoms with Crippen LogP contribution in [0.2, 0.25) is 5.02 Å². The lowest BCUT2D eigenvalue weighted by Gasteiger charge is -2.10. The number of nitrogens with one attached hydrogen (secondary N) is 1. The van der Waals surface area contributed by atoms with Gasteiger partial charge in [0.05, 0.1) is 17.2 Å². The van der Waals surface area contributed by atoms with E-state index in [9.17, 15) is 13.2 Å². The molecule has 1 heterocycles. The van der Waals surface area contributed by atoms with E-state index in [2.05, 4.69) is 10.3 Å². The van der Waals surface area contributed by atoms with Gasteiger partial charge in [0.1, 0.15) is 16.6 Å². The van der Waals surface area contributed by atoms with Gasteiger partial charge in [-0.1, -0.05) is 29.3 Å². The minimum atomic E-state index is -3.67. The van der Waals surface area contributed by atoms with Crippen LogP contribution in [0.5, 0.6) is 5.88 Å². The SMILES string of the molecule is CCOc1nc(C(=O)NCS(=O)(=O)c2ccc(C)cc2)cc(N)c1Cl. The number of nitrogens with zero attached hydrogens (tertiary/aromatic N) is 1. The van der Waals surface area contributed by atoms with E-state index in [0.717, 1.165) is 5.56 Å². The molecule has 0 bridgehead atoms. The molecular formula is C16H18ClN3O4S. The van der Waals surface area contributed by atoms with Crippen LogP contribution >= 0.6 is 11.6 Å². The second kappa shape index (κ2) is 7.71. The van der Waals surface area contributed by atoms with Crippen molar-refractivity contribution in [2.45, 2.75) is 18.7 Å². The monoisotopic (exact) mass is 383 g/mol. The summed E-state index contributed by atoms with van der Waals surface area (Å²) in [5.74, 6) is -1.24. The molecule has 1 amide bonds. The van der Waals surface area contributed by atoms with Gasteiger partial charge in [-0.05, 0) is 32.0 Å². The zero-order valence-electron chi connectivity index (χ0n) is 13.7. The van der Waals surface area contributed by atoms with Crippen LogP contribution in [0.4, 0.5) is 5.69 Å². The summed E-state index contributed by atoms with van der Waals surface area (Å²) in [7, 11) is -3.67. The normalized spacial score (nSPS) is 11.2. The van der Waals surface area contributed by atoms with Crippen molar-refractivity contribution in [2.75, 3.05) is 18.2 Å². The van der Waals surface area contributed by atoms with E-state index in [1.165, 1.54) is 18.2 Å². The fourth-order valence-corrected chi connectivity index (χ4v) is 3.14. The minimum absolute atomic E-state index is 0.0238. The van der Waals surface area contributed by atoms with Crippen LogP contribution in [-0.2, 0) is 9.84 Å². The van der Waals surface area contributed by atoms with Crippen LogP contribution in [0, 0.1) is 6.92 Å². The lowest BCUT2D eigenvalue weighted by atomic mass is 10.2. The number of hydrogen-bond donors (Lipinski definition) is 2. The molecule has 134 valence electrons. The van der Waals surface area contributed by atoms with E-state index in [0.29, 0.717) is 6.61 Å². The molecule has 0 saturated heterocycles. The second-order valence-corrected chi connectivity index (χ2v) is 7.59. The van der Waals surface area contributed by atoms with Gasteiger partial charge in [-0.2, -0.15) is 0 Å². The number of hydrogen-bond acceptors (Lipinski definition) is 6. The van der Waals surface area contributed by atoms with Gasteiger partial charge in [0.15, 0.2) is 9.84 Å². The third-order valence-electron chi connectivity index (χ3n) is 3.27. The number of aromatic nitrogens is 1. The fourth-order valence-electron chi connectivity index (χ4n) is 1.95. The maximum Gasteiger partial charge on any atom is 0.270 e. The zero-order valence-corrected chi connectivity index (χ0v) is 15.3. The highest BCUT2D eigenvalue weighted by Gasteiger charge is 2.19. The van der Waals surface area contributed by atoms with Gasteiger partial charge < -0.3 is 15.8 Å². The number of benzene rings is 1. The smallest absolute Gasteiger partial charge is 0.270 e. The number of halogens is 1. The van der Waals surface area contributed by atoms with Crippen LogP contribution < -0.4 is 15.8 Å². The highest BCUT2D eigenvalue weighted by molar-refractivity contribution is 7.91. The van der Waals surface area contributed by atoms with Crippen molar-refractivity contribution in [3.8, 4) is 5.88 Å². The Hall–Kier alpha value is -2.32. The highest BCUT2D eigenvalue weighted by Crippen LogP contribution is 2.29. The number of carbonyl (C=O) groups excluding carboxylic acids is 1. The quantitative estimate of drug-likeness (QED) is 0.790. The number of pyridine rings is 1. The molecule has 0 unspecified atom stereocenters. The Kier molecular flexibility index (Phi) is 5.86. The van der Waals surface area contributed by atoms with Crippen molar-refractivity contribution in [3.05, 3.63) is 46.6 Å². The number of amides is 1. The summed E-state index contributed by atoms with van der Waals surface area (Å²) in [6.45, 7) is 3.87. The van der Waals surface area contributed by atoms with Gasteiger partial charge in [-0.25, -0.2) is 13.4 Å². The van der Waals surface area contributed by atoms with E-state index in [1.54, 1.807) is 19.1 Å². The Labute approximate surface area is 151 Å². The van der Waals surface area contributed by atoms with Crippen LogP contribution in [0.15, 0.2) is 35.2 Å². The minimum Gasteiger partial charge on any atom is -0.477 e. The molecule has 0 atom stereocenters. The molecule has 0 fully saturated rings. The lowest BCUT2D eigenvalue weighted by Crippen LogP contribution is -2.30. The first-order valence-corrected chi connectivity index (χ1v) is 9.44. The number of nitrogens with two attached hydrogens (primary N) is 1. The molecule has 25 heavy (non-hydrogen) atoms. The van der Waals surface area contributed by atoms with Gasteiger partial charge in [0.25, 0.3) is 5.91 Å². The van der Waals surface area contributed by atoms with E-state index < -0.39 is 21.6 Å². The number of nitrogen functional groups attached to an aromatic ring is 1. The average Bonchev–Trinajstić information content (AvgIpc) is 2.57. The number of sulfone groups is 1. The Balaban J connectivity index is 2.16. The molecule has 7 nitrogen and oxygen atoms in total. The first kappa shape index (κ1) is 19.0. The largest absolute Gasteiger partial charge is 0.477 e. The Bertz CT molecular complexity index is 883. The van der Waals surface area contributed by atoms with Crippen molar-refractivity contribution in [3.63, 3.8) is 0 Å². The summed E-state index contributed by atoms with van der Waals surface area (Å²) in [4.78, 5) is 16.3. The highest BCUT2D eigenvalue weighted by atomic mass is 35.5. The van der Waals surface area contributed by atoms with E-state index >= 15 is 0 Å². The maximum absolute atomic E-state index is 12.3. The maximum atomic E-state index is 12.3. The van der Waals surface area contributed by atoms with E-state index in [1.807, 2.05) is 6.92 Å². The molecule has 0 saturated carbocycles. The predicted molar refractivity (Wildman–Crippen MR) is 95.5 cm³/mol. The van der Waals surface area contributed by atoms with Gasteiger partial charge >= 0.3 is 0 Å². The summed E-state index contributed by atoms with van der Waals surface area (Å²) in [6, 6.07) is 7.61. The van der Waals surface area contributed by atoms with E-state index in [-0.39, 0.29) is 27.2 Å². The fraction of sp³-hybridized carbons (Fsp3) is 0.250. The number of aryl methyl sites for hydroxylation is 1. The molecule has 9 heteroatoms. The Morgan fingerprint density at radius 2 is 1.96 bits per heavy atom. The first-order chi connectivity index (χ1) is 11.7. The molecule has 1 aromatic carbocycles. The topological polar surface area (TPSA) is 111 Å². The van der Waals surface area contributed by atoms with Crippen LogP contribution in [-0.4, -0.2) is 31.8 Å². The summed E-state index contributed by atoms with van der Waals surface area (Å²) < 4.78 is 29.7. The summed E-state index contributed by atoms with van der Waals surface area (Å²) in [5.41, 5.74) is 6.70. The van der Waals surface area contributed by atoms with Crippen molar-refractivity contribution in [1.29, 1.82) is 0 Å².